The Hall–Kier alpha value is -2.87. The van der Waals surface area contributed by atoms with E-state index in [1.165, 1.54) is 65.9 Å². The van der Waals surface area contributed by atoms with Crippen LogP contribution < -0.4 is 5.32 Å². The molecule has 1 aliphatic heterocycles. The smallest absolute Gasteiger partial charge is 0.108 e. The van der Waals surface area contributed by atoms with Gasteiger partial charge in [0, 0.05) is 11.1 Å². The minimum absolute atomic E-state index is 0.189. The van der Waals surface area contributed by atoms with Gasteiger partial charge in [0.05, 0.1) is 6.54 Å². The molecule has 1 aliphatic carbocycles. The Labute approximate surface area is 173 Å². The molecule has 29 heavy (non-hydrogen) atoms. The van der Waals surface area contributed by atoms with E-state index >= 15 is 0 Å². The van der Waals surface area contributed by atoms with Gasteiger partial charge < -0.3 is 5.32 Å². The van der Waals surface area contributed by atoms with Gasteiger partial charge in [0.25, 0.3) is 0 Å². The molecule has 0 amide bonds. The molecule has 2 heteroatoms. The Morgan fingerprint density at radius 1 is 0.759 bits per heavy atom. The summed E-state index contributed by atoms with van der Waals surface area (Å²) in [6.07, 6.45) is 7.58. The van der Waals surface area contributed by atoms with Crippen molar-refractivity contribution in [3.63, 3.8) is 0 Å². The van der Waals surface area contributed by atoms with E-state index in [1.54, 1.807) is 0 Å². The number of para-hydroxylation sites is 1. The lowest BCUT2D eigenvalue weighted by atomic mass is 9.67. The van der Waals surface area contributed by atoms with E-state index in [0.717, 1.165) is 13.0 Å². The van der Waals surface area contributed by atoms with Gasteiger partial charge in [-0.05, 0) is 47.6 Å². The molecule has 1 fully saturated rings. The van der Waals surface area contributed by atoms with Crippen LogP contribution in [0.4, 0.5) is 5.69 Å². The summed E-state index contributed by atoms with van der Waals surface area (Å²) in [4.78, 5) is 5.22. The van der Waals surface area contributed by atoms with E-state index in [0.29, 0.717) is 0 Å². The fraction of sp³-hybridized carbons (Fsp3) is 0.296. The lowest BCUT2D eigenvalue weighted by molar-refractivity contribution is 0.278. The van der Waals surface area contributed by atoms with Gasteiger partial charge in [0.1, 0.15) is 5.84 Å². The summed E-state index contributed by atoms with van der Waals surface area (Å²) in [6, 6.07) is 28.1. The lowest BCUT2D eigenvalue weighted by Gasteiger charge is -2.42. The normalized spacial score (nSPS) is 19.0. The van der Waals surface area contributed by atoms with Crippen LogP contribution in [-0.2, 0) is 13.0 Å². The predicted molar refractivity (Wildman–Crippen MR) is 122 cm³/mol. The van der Waals surface area contributed by atoms with E-state index in [9.17, 15) is 0 Å². The molecule has 0 saturated heterocycles. The number of hydrogen-bond acceptors (Lipinski definition) is 1. The molecule has 0 radical (unpaired) electrons. The Bertz CT molecular complexity index is 1010. The Kier molecular flexibility index (Phi) is 4.93. The molecule has 0 atom stereocenters. The zero-order chi connectivity index (χ0) is 19.5. The van der Waals surface area contributed by atoms with E-state index in [4.69, 9.17) is 4.99 Å². The van der Waals surface area contributed by atoms with E-state index < -0.39 is 0 Å². The third-order valence-electron chi connectivity index (χ3n) is 6.62. The van der Waals surface area contributed by atoms with Crippen molar-refractivity contribution in [1.29, 1.82) is 0 Å². The third-order valence-corrected chi connectivity index (χ3v) is 6.62. The summed E-state index contributed by atoms with van der Waals surface area (Å²) in [5.41, 5.74) is 6.70. The fourth-order valence-electron chi connectivity index (χ4n) is 5.08. The number of hydrogen-bond donors (Lipinski definition) is 1. The van der Waals surface area contributed by atoms with Crippen LogP contribution in [0.2, 0.25) is 0 Å². The minimum Gasteiger partial charge on any atom is -0.343 e. The molecule has 5 rings (SSSR count). The van der Waals surface area contributed by atoms with Gasteiger partial charge in [-0.25, -0.2) is 0 Å². The molecule has 146 valence electrons. The number of aliphatic imine (C=N–C) groups is 1. The zero-order valence-corrected chi connectivity index (χ0v) is 16.9. The van der Waals surface area contributed by atoms with Crippen LogP contribution in [0.15, 0.2) is 83.9 Å². The topological polar surface area (TPSA) is 24.4 Å². The number of nitrogens with zero attached hydrogens (tertiary/aromatic N) is 1. The molecular formula is C27H28N2. The summed E-state index contributed by atoms with van der Waals surface area (Å²) >= 11 is 0. The first-order valence-electron chi connectivity index (χ1n) is 10.9. The monoisotopic (exact) mass is 380 g/mol. The molecule has 0 bridgehead atoms. The SMILES string of the molecule is c1ccc(-c2ccccc2CN=C2Nc3ccccc3CC23CCCCC3)cc1. The number of nitrogens with one attached hydrogen (secondary N) is 1. The predicted octanol–water partition coefficient (Wildman–Crippen LogP) is 6.87. The Morgan fingerprint density at radius 2 is 1.48 bits per heavy atom. The van der Waals surface area contributed by atoms with Gasteiger partial charge >= 0.3 is 0 Å². The first-order chi connectivity index (χ1) is 14.3. The summed E-state index contributed by atoms with van der Waals surface area (Å²) in [7, 11) is 0. The standard InChI is InChI=1S/C27H28N2/c1-3-11-21(12-4-1)24-15-7-5-14-23(24)20-28-26-27(17-9-2-10-18-27)19-22-13-6-8-16-25(22)29-26/h1,3-8,11-16H,2,9-10,17-20H2,(H,28,29). The largest absolute Gasteiger partial charge is 0.343 e. The molecule has 1 spiro atoms. The molecule has 0 aromatic heterocycles. The van der Waals surface area contributed by atoms with Gasteiger partial charge in [0.2, 0.25) is 0 Å². The van der Waals surface area contributed by atoms with Gasteiger partial charge in [-0.15, -0.1) is 0 Å². The second-order valence-electron chi connectivity index (χ2n) is 8.49. The first kappa shape index (κ1) is 18.2. The van der Waals surface area contributed by atoms with Crippen molar-refractivity contribution in [2.24, 2.45) is 10.4 Å². The molecule has 2 aliphatic rings. The Morgan fingerprint density at radius 3 is 2.34 bits per heavy atom. The summed E-state index contributed by atoms with van der Waals surface area (Å²) in [6.45, 7) is 0.720. The highest BCUT2D eigenvalue weighted by Crippen LogP contribution is 2.45. The van der Waals surface area contributed by atoms with E-state index in [2.05, 4.69) is 84.2 Å². The summed E-state index contributed by atoms with van der Waals surface area (Å²) in [5.74, 6) is 1.21. The van der Waals surface area contributed by atoms with Crippen molar-refractivity contribution in [3.8, 4) is 11.1 Å². The molecule has 1 saturated carbocycles. The van der Waals surface area contributed by atoms with Gasteiger partial charge in [0.15, 0.2) is 0 Å². The zero-order valence-electron chi connectivity index (χ0n) is 16.9. The van der Waals surface area contributed by atoms with E-state index in [1.807, 2.05) is 0 Å². The molecule has 1 heterocycles. The third kappa shape index (κ3) is 3.60. The van der Waals surface area contributed by atoms with Gasteiger partial charge in [-0.1, -0.05) is 92.1 Å². The maximum atomic E-state index is 5.22. The van der Waals surface area contributed by atoms with Gasteiger partial charge in [-0.3, -0.25) is 4.99 Å². The van der Waals surface area contributed by atoms with Crippen LogP contribution >= 0.6 is 0 Å². The summed E-state index contributed by atoms with van der Waals surface area (Å²) in [5, 5.41) is 3.74. The van der Waals surface area contributed by atoms with Crippen molar-refractivity contribution in [1.82, 2.24) is 0 Å². The van der Waals surface area contributed by atoms with Crippen molar-refractivity contribution in [2.75, 3.05) is 5.32 Å². The minimum atomic E-state index is 0.189. The second-order valence-corrected chi connectivity index (χ2v) is 8.49. The van der Waals surface area contributed by atoms with Crippen LogP contribution in [0.25, 0.3) is 11.1 Å². The number of amidine groups is 1. The number of benzene rings is 3. The van der Waals surface area contributed by atoms with Crippen molar-refractivity contribution in [2.45, 2.75) is 45.1 Å². The van der Waals surface area contributed by atoms with Crippen LogP contribution in [0.3, 0.4) is 0 Å². The fourth-order valence-corrected chi connectivity index (χ4v) is 5.08. The molecule has 3 aromatic carbocycles. The number of fused-ring (bicyclic) bond motifs is 1. The molecular weight excluding hydrogens is 352 g/mol. The first-order valence-corrected chi connectivity index (χ1v) is 10.9. The maximum absolute atomic E-state index is 5.22. The van der Waals surface area contributed by atoms with Crippen molar-refractivity contribution in [3.05, 3.63) is 90.0 Å². The molecule has 2 nitrogen and oxygen atoms in total. The van der Waals surface area contributed by atoms with Crippen LogP contribution in [0, 0.1) is 5.41 Å². The van der Waals surface area contributed by atoms with Crippen LogP contribution in [0.1, 0.15) is 43.2 Å². The highest BCUT2D eigenvalue weighted by molar-refractivity contribution is 6.02. The number of rotatable bonds is 3. The van der Waals surface area contributed by atoms with Gasteiger partial charge in [-0.2, -0.15) is 0 Å². The average Bonchev–Trinajstić information content (AvgIpc) is 2.79. The molecule has 0 unspecified atom stereocenters. The second kappa shape index (κ2) is 7.87. The van der Waals surface area contributed by atoms with Crippen molar-refractivity contribution < 1.29 is 0 Å². The van der Waals surface area contributed by atoms with Crippen LogP contribution in [0.5, 0.6) is 0 Å². The summed E-state index contributed by atoms with van der Waals surface area (Å²) < 4.78 is 0. The lowest BCUT2D eigenvalue weighted by Crippen LogP contribution is -2.43. The van der Waals surface area contributed by atoms with Crippen molar-refractivity contribution >= 4 is 11.5 Å². The maximum Gasteiger partial charge on any atom is 0.108 e. The molecule has 1 N–H and O–H groups in total. The number of anilines is 1. The highest BCUT2D eigenvalue weighted by Gasteiger charge is 2.40. The van der Waals surface area contributed by atoms with E-state index in [-0.39, 0.29) is 5.41 Å². The van der Waals surface area contributed by atoms with Crippen LogP contribution in [-0.4, -0.2) is 5.84 Å². The molecule has 3 aromatic rings. The quantitative estimate of drug-likeness (QED) is 0.527. The Balaban J connectivity index is 1.50. The average molecular weight is 381 g/mol. The highest BCUT2D eigenvalue weighted by atomic mass is 15.0.